The molecule has 0 fully saturated rings. The van der Waals surface area contributed by atoms with Crippen LogP contribution in [0.25, 0.3) is 0 Å². The van der Waals surface area contributed by atoms with Crippen molar-refractivity contribution < 1.29 is 12.6 Å². The van der Waals surface area contributed by atoms with E-state index in [0.717, 1.165) is 5.56 Å². The summed E-state index contributed by atoms with van der Waals surface area (Å²) in [4.78, 5) is 4.39. The number of hydrogen-bond acceptors (Lipinski definition) is 4. The third-order valence-corrected chi connectivity index (χ3v) is 5.80. The minimum Gasteiger partial charge on any atom is -0.376 e. The van der Waals surface area contributed by atoms with Crippen LogP contribution in [0, 0.1) is 6.92 Å². The maximum Gasteiger partial charge on any atom is 0.339 e. The molecule has 4 nitrogen and oxygen atoms in total. The fraction of sp³-hybridized carbons (Fsp3) is 0.0500. The molecule has 8 heteroatoms. The number of aryl methyl sites for hydroxylation is 1. The lowest BCUT2D eigenvalue weighted by atomic mass is 10.2. The minimum absolute atomic E-state index is 0.00389. The van der Waals surface area contributed by atoms with Crippen LogP contribution in [0.5, 0.6) is 5.75 Å². The summed E-state index contributed by atoms with van der Waals surface area (Å²) >= 11 is 18.4. The Morgan fingerprint density at radius 1 is 0.929 bits per heavy atom. The summed E-state index contributed by atoms with van der Waals surface area (Å²) < 4.78 is 29.9. The molecule has 144 valence electrons. The molecule has 0 aromatic heterocycles. The smallest absolute Gasteiger partial charge is 0.339 e. The van der Waals surface area contributed by atoms with Gasteiger partial charge in [-0.05, 0) is 54.4 Å². The predicted molar refractivity (Wildman–Crippen MR) is 114 cm³/mol. The molecule has 0 bridgehead atoms. The Hall–Kier alpha value is -2.05. The van der Waals surface area contributed by atoms with Crippen molar-refractivity contribution in [2.45, 2.75) is 11.8 Å². The molecule has 0 saturated heterocycles. The fourth-order valence-electron chi connectivity index (χ4n) is 2.34. The number of rotatable bonds is 5. The molecule has 0 atom stereocenters. The van der Waals surface area contributed by atoms with Gasteiger partial charge in [0.25, 0.3) is 0 Å². The van der Waals surface area contributed by atoms with Crippen molar-refractivity contribution in [3.05, 3.63) is 86.9 Å². The van der Waals surface area contributed by atoms with Crippen LogP contribution in [0.15, 0.2) is 70.6 Å². The highest BCUT2D eigenvalue weighted by Gasteiger charge is 2.20. The van der Waals surface area contributed by atoms with E-state index in [4.69, 9.17) is 39.0 Å². The molecule has 0 unspecified atom stereocenters. The van der Waals surface area contributed by atoms with E-state index in [-0.39, 0.29) is 20.7 Å². The van der Waals surface area contributed by atoms with Crippen LogP contribution in [0.1, 0.15) is 11.1 Å². The number of hydrogen-bond donors (Lipinski definition) is 0. The Bertz CT molecular complexity index is 1120. The zero-order valence-electron chi connectivity index (χ0n) is 14.6. The molecule has 3 aromatic carbocycles. The summed E-state index contributed by atoms with van der Waals surface area (Å²) in [6.07, 6.45) is 1.56. The van der Waals surface area contributed by atoms with Crippen LogP contribution >= 0.6 is 34.8 Å². The van der Waals surface area contributed by atoms with Crippen LogP contribution in [-0.2, 0) is 10.1 Å². The third-order valence-electron chi connectivity index (χ3n) is 3.77. The lowest BCUT2D eigenvalue weighted by molar-refractivity contribution is 0.486. The monoisotopic (exact) mass is 453 g/mol. The average molecular weight is 455 g/mol. The van der Waals surface area contributed by atoms with Gasteiger partial charge in [0.15, 0.2) is 5.75 Å². The predicted octanol–water partition coefficient (Wildman–Crippen LogP) is 6.47. The lowest BCUT2D eigenvalue weighted by Gasteiger charge is -2.11. The first-order chi connectivity index (χ1) is 13.3. The van der Waals surface area contributed by atoms with E-state index in [1.165, 1.54) is 24.3 Å². The van der Waals surface area contributed by atoms with Gasteiger partial charge in [-0.2, -0.15) is 8.42 Å². The van der Waals surface area contributed by atoms with Gasteiger partial charge >= 0.3 is 10.1 Å². The van der Waals surface area contributed by atoms with Crippen LogP contribution in [0.3, 0.4) is 0 Å². The Labute approximate surface area is 178 Å². The van der Waals surface area contributed by atoms with Crippen molar-refractivity contribution in [1.29, 1.82) is 0 Å². The van der Waals surface area contributed by atoms with Gasteiger partial charge < -0.3 is 4.18 Å². The molecule has 28 heavy (non-hydrogen) atoms. The molecule has 0 radical (unpaired) electrons. The van der Waals surface area contributed by atoms with E-state index in [1.807, 2.05) is 13.0 Å². The zero-order valence-corrected chi connectivity index (χ0v) is 17.6. The van der Waals surface area contributed by atoms with Crippen molar-refractivity contribution in [1.82, 2.24) is 0 Å². The number of aliphatic imine (C=N–C) groups is 1. The van der Waals surface area contributed by atoms with Gasteiger partial charge in [0.1, 0.15) is 4.90 Å². The van der Waals surface area contributed by atoms with E-state index in [1.54, 1.807) is 36.5 Å². The molecule has 0 saturated carbocycles. The normalized spacial score (nSPS) is 11.7. The first-order valence-electron chi connectivity index (χ1n) is 8.05. The van der Waals surface area contributed by atoms with Gasteiger partial charge in [-0.1, -0.05) is 59.1 Å². The number of halogens is 3. The van der Waals surface area contributed by atoms with E-state index in [9.17, 15) is 8.42 Å². The summed E-state index contributed by atoms with van der Waals surface area (Å²) in [7, 11) is -4.05. The maximum atomic E-state index is 12.4. The molecule has 0 amide bonds. The van der Waals surface area contributed by atoms with Crippen molar-refractivity contribution in [3.8, 4) is 5.75 Å². The van der Waals surface area contributed by atoms with Crippen LogP contribution in [0.4, 0.5) is 5.69 Å². The zero-order chi connectivity index (χ0) is 20.3. The van der Waals surface area contributed by atoms with Gasteiger partial charge in [-0.25, -0.2) is 0 Å². The van der Waals surface area contributed by atoms with Crippen molar-refractivity contribution in [3.63, 3.8) is 0 Å². The Balaban J connectivity index is 1.89. The molecule has 0 N–H and O–H groups in total. The SMILES string of the molecule is Cc1ccc(Cl)cc1N=Cc1cc(Cl)c(OS(=O)(=O)c2ccccc2)c(Cl)c1. The van der Waals surface area contributed by atoms with Gasteiger partial charge in [0.2, 0.25) is 0 Å². The molecule has 0 aliphatic heterocycles. The number of nitrogens with zero attached hydrogens (tertiary/aromatic N) is 1. The Kier molecular flexibility index (Phi) is 6.30. The second-order valence-electron chi connectivity index (χ2n) is 5.85. The van der Waals surface area contributed by atoms with Crippen LogP contribution in [0.2, 0.25) is 15.1 Å². The van der Waals surface area contributed by atoms with Crippen molar-refractivity contribution in [2.24, 2.45) is 4.99 Å². The largest absolute Gasteiger partial charge is 0.376 e. The average Bonchev–Trinajstić information content (AvgIpc) is 2.66. The molecule has 0 aliphatic rings. The minimum atomic E-state index is -4.05. The highest BCUT2D eigenvalue weighted by molar-refractivity contribution is 7.87. The quantitative estimate of drug-likeness (QED) is 0.328. The molecule has 3 aromatic rings. The standard InChI is InChI=1S/C20H14Cl3NO3S/c1-13-7-8-15(21)11-19(13)24-12-14-9-17(22)20(18(23)10-14)27-28(25,26)16-5-3-2-4-6-16/h2-12H,1H3. The van der Waals surface area contributed by atoms with Crippen molar-refractivity contribution in [2.75, 3.05) is 0 Å². The first-order valence-corrected chi connectivity index (χ1v) is 10.6. The molecule has 0 spiro atoms. The Morgan fingerprint density at radius 3 is 2.21 bits per heavy atom. The van der Waals surface area contributed by atoms with E-state index < -0.39 is 10.1 Å². The highest BCUT2D eigenvalue weighted by atomic mass is 35.5. The lowest BCUT2D eigenvalue weighted by Crippen LogP contribution is -2.10. The third kappa shape index (κ3) is 4.86. The van der Waals surface area contributed by atoms with Crippen molar-refractivity contribution >= 4 is 56.8 Å². The second kappa shape index (κ2) is 8.53. The first kappa shape index (κ1) is 20.7. The highest BCUT2D eigenvalue weighted by Crippen LogP contribution is 2.36. The van der Waals surface area contributed by atoms with Gasteiger partial charge in [0.05, 0.1) is 15.7 Å². The molecule has 0 heterocycles. The second-order valence-corrected chi connectivity index (χ2v) is 8.65. The van der Waals surface area contributed by atoms with Crippen LogP contribution in [-0.4, -0.2) is 14.6 Å². The molecular weight excluding hydrogens is 441 g/mol. The van der Waals surface area contributed by atoms with E-state index in [0.29, 0.717) is 16.3 Å². The van der Waals surface area contributed by atoms with Gasteiger partial charge in [0, 0.05) is 11.2 Å². The van der Waals surface area contributed by atoms with E-state index >= 15 is 0 Å². The number of benzene rings is 3. The van der Waals surface area contributed by atoms with E-state index in [2.05, 4.69) is 4.99 Å². The van der Waals surface area contributed by atoms with Crippen LogP contribution < -0.4 is 4.18 Å². The van der Waals surface area contributed by atoms with Gasteiger partial charge in [-0.15, -0.1) is 0 Å². The topological polar surface area (TPSA) is 55.7 Å². The molecular formula is C20H14Cl3NO3S. The summed E-state index contributed by atoms with van der Waals surface area (Å²) in [5, 5.41) is 0.677. The summed E-state index contributed by atoms with van der Waals surface area (Å²) in [6.45, 7) is 1.91. The summed E-state index contributed by atoms with van der Waals surface area (Å²) in [5.74, 6) is -0.136. The fourth-order valence-corrected chi connectivity index (χ4v) is 4.17. The summed E-state index contributed by atoms with van der Waals surface area (Å²) in [5.41, 5.74) is 2.23. The Morgan fingerprint density at radius 2 is 1.57 bits per heavy atom. The maximum absolute atomic E-state index is 12.4. The molecule has 0 aliphatic carbocycles. The summed E-state index contributed by atoms with van der Waals surface area (Å²) in [6, 6.07) is 16.2. The van der Waals surface area contributed by atoms with Gasteiger partial charge in [-0.3, -0.25) is 4.99 Å². The molecule has 3 rings (SSSR count).